The third-order valence-corrected chi connectivity index (χ3v) is 9.69. The summed E-state index contributed by atoms with van der Waals surface area (Å²) < 4.78 is 0. The fraction of sp³-hybridized carbons (Fsp3) is 0.362. The minimum Gasteiger partial charge on any atom is -0.347 e. The summed E-state index contributed by atoms with van der Waals surface area (Å²) in [7, 11) is 2.18. The van der Waals surface area contributed by atoms with E-state index in [4.69, 9.17) is 0 Å². The Kier molecular flexibility index (Phi) is 13.9. The predicted octanol–water partition coefficient (Wildman–Crippen LogP) is 14.1. The van der Waals surface area contributed by atoms with Crippen LogP contribution < -0.4 is 4.90 Å². The highest BCUT2D eigenvalue weighted by Gasteiger charge is 2.39. The molecule has 1 heteroatoms. The fourth-order valence-electron chi connectivity index (χ4n) is 7.01. The lowest BCUT2D eigenvalue weighted by Gasteiger charge is -2.30. The lowest BCUT2D eigenvalue weighted by Crippen LogP contribution is -2.22. The van der Waals surface area contributed by atoms with Crippen LogP contribution in [0.4, 0.5) is 5.69 Å². The summed E-state index contributed by atoms with van der Waals surface area (Å²) in [6.45, 7) is 28.1. The van der Waals surface area contributed by atoms with Crippen molar-refractivity contribution in [3.8, 4) is 0 Å². The molecule has 0 aliphatic carbocycles. The number of likely N-dealkylation sites (N-methyl/N-ethyl adjacent to an activating group) is 1. The number of anilines is 1. The first kappa shape index (κ1) is 38.3. The molecule has 4 aromatic rings. The molecule has 0 saturated heterocycles. The van der Waals surface area contributed by atoms with E-state index in [0.717, 1.165) is 5.57 Å². The molecular formula is C47H61N. The highest BCUT2D eigenvalue weighted by Crippen LogP contribution is 2.50. The number of allylic oxidation sites excluding steroid dienone is 8. The van der Waals surface area contributed by atoms with Crippen LogP contribution in [0.5, 0.6) is 0 Å². The molecule has 0 N–H and O–H groups in total. The Morgan fingerprint density at radius 2 is 1.40 bits per heavy atom. The first-order valence-electron chi connectivity index (χ1n) is 18.0. The van der Waals surface area contributed by atoms with Crippen molar-refractivity contribution >= 4 is 27.2 Å². The molecule has 0 aromatic heterocycles. The van der Waals surface area contributed by atoms with E-state index in [2.05, 4.69) is 177 Å². The van der Waals surface area contributed by atoms with Gasteiger partial charge in [-0.05, 0) is 82.6 Å². The average Bonchev–Trinajstić information content (AvgIpc) is 3.27. The number of aryl methyl sites for hydroxylation is 1. The number of nitrogens with zero attached hydrogens (tertiary/aromatic N) is 1. The van der Waals surface area contributed by atoms with Gasteiger partial charge in [0, 0.05) is 29.3 Å². The zero-order chi connectivity index (χ0) is 35.5. The van der Waals surface area contributed by atoms with E-state index < -0.39 is 0 Å². The molecule has 0 unspecified atom stereocenters. The third kappa shape index (κ3) is 8.67. The van der Waals surface area contributed by atoms with Crippen molar-refractivity contribution < 1.29 is 0 Å². The molecule has 1 aliphatic rings. The van der Waals surface area contributed by atoms with Crippen molar-refractivity contribution in [2.45, 2.75) is 105 Å². The monoisotopic (exact) mass is 639 g/mol. The van der Waals surface area contributed by atoms with E-state index in [1.807, 2.05) is 13.8 Å². The standard InChI is InChI=1S/C36H37N.C9H18.C2H6/c1-25-21-22-27-16-11-13-18-29(27)33(25)35(3,4)26(2)15-9-8-10-20-32-36(5,6)34-30-19-14-12-17-28(30)23-24-31(34)37(32)7;1-4-5-6-7-8-9(2)3;1-2/h8-24H,2H2,1,3-7H3;2,4-8H2,1,3H3;1-2H3/b10-8+,15-9+,32-20+;;. The topological polar surface area (TPSA) is 3.24 Å². The maximum Gasteiger partial charge on any atom is 0.0454 e. The summed E-state index contributed by atoms with van der Waals surface area (Å²) >= 11 is 0. The molecule has 0 saturated carbocycles. The van der Waals surface area contributed by atoms with Gasteiger partial charge in [0.15, 0.2) is 0 Å². The van der Waals surface area contributed by atoms with Gasteiger partial charge in [0.05, 0.1) is 0 Å². The summed E-state index contributed by atoms with van der Waals surface area (Å²) in [5, 5.41) is 5.22. The molecule has 254 valence electrons. The maximum atomic E-state index is 4.47. The molecule has 0 atom stereocenters. The number of rotatable bonds is 10. The van der Waals surface area contributed by atoms with Crippen LogP contribution in [0.2, 0.25) is 0 Å². The van der Waals surface area contributed by atoms with Gasteiger partial charge in [-0.25, -0.2) is 0 Å². The van der Waals surface area contributed by atoms with Gasteiger partial charge in [-0.3, -0.25) is 0 Å². The smallest absolute Gasteiger partial charge is 0.0454 e. The fourth-order valence-corrected chi connectivity index (χ4v) is 7.01. The van der Waals surface area contributed by atoms with Crippen LogP contribution in [0, 0.1) is 6.92 Å². The average molecular weight is 640 g/mol. The van der Waals surface area contributed by atoms with Gasteiger partial charge in [-0.1, -0.05) is 171 Å². The van der Waals surface area contributed by atoms with Crippen LogP contribution in [0.25, 0.3) is 21.5 Å². The van der Waals surface area contributed by atoms with Gasteiger partial charge in [0.1, 0.15) is 0 Å². The van der Waals surface area contributed by atoms with Crippen molar-refractivity contribution in [2.75, 3.05) is 11.9 Å². The molecule has 1 nitrogen and oxygen atoms in total. The Morgan fingerprint density at radius 1 is 0.792 bits per heavy atom. The van der Waals surface area contributed by atoms with E-state index >= 15 is 0 Å². The summed E-state index contributed by atoms with van der Waals surface area (Å²) in [5.74, 6) is 0. The second-order valence-corrected chi connectivity index (χ2v) is 14.1. The third-order valence-electron chi connectivity index (χ3n) is 9.69. The van der Waals surface area contributed by atoms with Crippen molar-refractivity contribution in [3.63, 3.8) is 0 Å². The lowest BCUT2D eigenvalue weighted by molar-refractivity contribution is 0.643. The maximum absolute atomic E-state index is 4.47. The van der Waals surface area contributed by atoms with Crippen LogP contribution in [-0.2, 0) is 10.8 Å². The van der Waals surface area contributed by atoms with Gasteiger partial charge in [0.25, 0.3) is 0 Å². The Labute approximate surface area is 293 Å². The highest BCUT2D eigenvalue weighted by molar-refractivity contribution is 5.94. The number of fused-ring (bicyclic) bond motifs is 4. The van der Waals surface area contributed by atoms with Crippen LogP contribution in [0.1, 0.15) is 104 Å². The zero-order valence-corrected chi connectivity index (χ0v) is 31.7. The van der Waals surface area contributed by atoms with Gasteiger partial charge >= 0.3 is 0 Å². The van der Waals surface area contributed by atoms with Crippen LogP contribution in [0.3, 0.4) is 0 Å². The number of benzene rings is 4. The lowest BCUT2D eigenvalue weighted by atomic mass is 9.74. The van der Waals surface area contributed by atoms with Crippen molar-refractivity contribution in [2.24, 2.45) is 0 Å². The van der Waals surface area contributed by atoms with E-state index in [9.17, 15) is 0 Å². The van der Waals surface area contributed by atoms with Crippen molar-refractivity contribution in [1.29, 1.82) is 0 Å². The Morgan fingerprint density at radius 3 is 2.04 bits per heavy atom. The number of hydrogen-bond acceptors (Lipinski definition) is 1. The van der Waals surface area contributed by atoms with Crippen LogP contribution in [0.15, 0.2) is 133 Å². The summed E-state index contributed by atoms with van der Waals surface area (Å²) in [6, 6.07) is 26.3. The second-order valence-electron chi connectivity index (χ2n) is 14.1. The van der Waals surface area contributed by atoms with E-state index in [1.165, 1.54) is 87.3 Å². The van der Waals surface area contributed by atoms with Gasteiger partial charge in [0.2, 0.25) is 0 Å². The number of hydrogen-bond donors (Lipinski definition) is 0. The molecule has 4 aromatic carbocycles. The van der Waals surface area contributed by atoms with Crippen LogP contribution >= 0.6 is 0 Å². The Balaban J connectivity index is 0.000000494. The SMILES string of the molecule is C=C(/C=C/C=C/C=C1/N(C)c2ccc3ccccc3c2C1(C)C)C(C)(C)c1c(C)ccc2ccccc12.C=C(C)CCCCCC.CC. The first-order valence-corrected chi connectivity index (χ1v) is 18.0. The molecular weight excluding hydrogens is 579 g/mol. The molecule has 0 spiro atoms. The second kappa shape index (κ2) is 17.3. The Bertz CT molecular complexity index is 1790. The largest absolute Gasteiger partial charge is 0.347 e. The van der Waals surface area contributed by atoms with Gasteiger partial charge in [-0.2, -0.15) is 0 Å². The predicted molar refractivity (Wildman–Crippen MR) is 218 cm³/mol. The Hall–Kier alpha value is -4.10. The normalized spacial score (nSPS) is 14.6. The molecule has 48 heavy (non-hydrogen) atoms. The minimum atomic E-state index is -0.176. The molecule has 0 bridgehead atoms. The molecule has 0 fully saturated rings. The minimum absolute atomic E-state index is 0.0729. The summed E-state index contributed by atoms with van der Waals surface area (Å²) in [5.41, 5.74) is 8.83. The van der Waals surface area contributed by atoms with Crippen molar-refractivity contribution in [1.82, 2.24) is 0 Å². The van der Waals surface area contributed by atoms with E-state index in [-0.39, 0.29) is 10.8 Å². The molecule has 0 amide bonds. The highest BCUT2D eigenvalue weighted by atomic mass is 15.2. The number of unbranched alkanes of at least 4 members (excludes halogenated alkanes) is 3. The van der Waals surface area contributed by atoms with Gasteiger partial charge in [-0.15, -0.1) is 6.58 Å². The first-order chi connectivity index (χ1) is 22.9. The van der Waals surface area contributed by atoms with Crippen LogP contribution in [-0.4, -0.2) is 7.05 Å². The van der Waals surface area contributed by atoms with Crippen molar-refractivity contribution in [3.05, 3.63) is 150 Å². The summed E-state index contributed by atoms with van der Waals surface area (Å²) in [4.78, 5) is 2.33. The molecule has 1 heterocycles. The molecule has 5 rings (SSSR count). The van der Waals surface area contributed by atoms with Gasteiger partial charge < -0.3 is 4.90 Å². The van der Waals surface area contributed by atoms with E-state index in [1.54, 1.807) is 0 Å². The molecule has 0 radical (unpaired) electrons. The quantitative estimate of drug-likeness (QED) is 0.0948. The summed E-state index contributed by atoms with van der Waals surface area (Å²) in [6.07, 6.45) is 17.4. The van der Waals surface area contributed by atoms with E-state index in [0.29, 0.717) is 0 Å². The zero-order valence-electron chi connectivity index (χ0n) is 31.7. The molecule has 1 aliphatic heterocycles.